The fourth-order valence-corrected chi connectivity index (χ4v) is 10.4. The van der Waals surface area contributed by atoms with Crippen molar-refractivity contribution in [3.8, 4) is 11.1 Å². The van der Waals surface area contributed by atoms with Crippen molar-refractivity contribution in [2.75, 3.05) is 4.90 Å². The third kappa shape index (κ3) is 5.26. The molecule has 9 aromatic carbocycles. The average molecular weight is 766 g/mol. The molecular formula is C59H43N. The summed E-state index contributed by atoms with van der Waals surface area (Å²) < 4.78 is 0. The summed E-state index contributed by atoms with van der Waals surface area (Å²) in [5.74, 6) is 0. The molecule has 0 saturated carbocycles. The quantitative estimate of drug-likeness (QED) is 0.146. The Morgan fingerprint density at radius 2 is 0.933 bits per heavy atom. The maximum atomic E-state index is 2.59. The molecule has 1 unspecified atom stereocenters. The first kappa shape index (κ1) is 35.7. The molecule has 1 heteroatoms. The number of fused-ring (bicyclic) bond motifs is 9. The standard InChI is InChI=1S/C59H43N/c1-2-3-6-29-46-41-58(44-25-7-4-8-26-44,45-27-9-5-10-28-45)53-34-17-18-35-54(53)59(46)52-33-16-15-32-50(52)51-39-38-47(40-55(51)59)60(56-36-19-23-42-21-11-13-30-48(42)56)57-37-20-24-43-22-12-14-31-49(43)57/h2-41H,1H3/b3-2-,29-6-. The van der Waals surface area contributed by atoms with Crippen molar-refractivity contribution < 1.29 is 0 Å². The Morgan fingerprint density at radius 1 is 0.417 bits per heavy atom. The van der Waals surface area contributed by atoms with E-state index in [1.807, 2.05) is 0 Å². The summed E-state index contributed by atoms with van der Waals surface area (Å²) in [7, 11) is 0. The van der Waals surface area contributed by atoms with E-state index < -0.39 is 10.8 Å². The van der Waals surface area contributed by atoms with Crippen LogP contribution in [0.3, 0.4) is 0 Å². The Bertz CT molecular complexity index is 3040. The Balaban J connectivity index is 1.26. The minimum absolute atomic E-state index is 0.548. The van der Waals surface area contributed by atoms with E-state index in [4.69, 9.17) is 0 Å². The number of rotatable bonds is 7. The van der Waals surface area contributed by atoms with Gasteiger partial charge < -0.3 is 4.90 Å². The Hall–Kier alpha value is -7.48. The summed E-state index contributed by atoms with van der Waals surface area (Å²) >= 11 is 0. The van der Waals surface area contributed by atoms with Gasteiger partial charge in [0.05, 0.1) is 22.2 Å². The summed E-state index contributed by atoms with van der Waals surface area (Å²) in [5, 5.41) is 4.84. The van der Waals surface area contributed by atoms with Gasteiger partial charge in [0.25, 0.3) is 0 Å². The second-order valence-electron chi connectivity index (χ2n) is 15.9. The van der Waals surface area contributed by atoms with Crippen LogP contribution in [-0.4, -0.2) is 0 Å². The minimum atomic E-state index is -0.618. The van der Waals surface area contributed by atoms with E-state index in [1.165, 1.54) is 71.6 Å². The largest absolute Gasteiger partial charge is 0.309 e. The Kier molecular flexibility index (Phi) is 8.57. The van der Waals surface area contributed by atoms with Gasteiger partial charge in [0, 0.05) is 16.5 Å². The van der Waals surface area contributed by atoms with Gasteiger partial charge in [-0.25, -0.2) is 0 Å². The number of allylic oxidation sites excluding steroid dienone is 6. The number of hydrogen-bond acceptors (Lipinski definition) is 1. The summed E-state index contributed by atoms with van der Waals surface area (Å²) in [6.45, 7) is 2.09. The molecule has 0 radical (unpaired) electrons. The highest BCUT2D eigenvalue weighted by Crippen LogP contribution is 2.63. The maximum absolute atomic E-state index is 2.59. The van der Waals surface area contributed by atoms with Crippen LogP contribution < -0.4 is 4.90 Å². The molecular weight excluding hydrogens is 723 g/mol. The van der Waals surface area contributed by atoms with Gasteiger partial charge in [-0.15, -0.1) is 0 Å². The molecule has 60 heavy (non-hydrogen) atoms. The van der Waals surface area contributed by atoms with Crippen LogP contribution in [0.25, 0.3) is 32.7 Å². The first-order valence-electron chi connectivity index (χ1n) is 21.0. The zero-order valence-electron chi connectivity index (χ0n) is 33.5. The zero-order valence-corrected chi connectivity index (χ0v) is 33.5. The molecule has 9 aromatic rings. The lowest BCUT2D eigenvalue weighted by molar-refractivity contribution is 0.650. The zero-order chi connectivity index (χ0) is 40.1. The van der Waals surface area contributed by atoms with Gasteiger partial charge >= 0.3 is 0 Å². The van der Waals surface area contributed by atoms with Crippen LogP contribution >= 0.6 is 0 Å². The van der Waals surface area contributed by atoms with E-state index in [-0.39, 0.29) is 0 Å². The predicted octanol–water partition coefficient (Wildman–Crippen LogP) is 15.2. The van der Waals surface area contributed by atoms with Crippen LogP contribution in [0.5, 0.6) is 0 Å². The number of nitrogens with zero attached hydrogens (tertiary/aromatic N) is 1. The van der Waals surface area contributed by atoms with Gasteiger partial charge in [0.2, 0.25) is 0 Å². The minimum Gasteiger partial charge on any atom is -0.309 e. The monoisotopic (exact) mass is 765 g/mol. The first-order valence-corrected chi connectivity index (χ1v) is 21.0. The molecule has 284 valence electrons. The van der Waals surface area contributed by atoms with Crippen LogP contribution in [0, 0.1) is 0 Å². The van der Waals surface area contributed by atoms with Gasteiger partial charge in [0.15, 0.2) is 0 Å². The molecule has 0 aliphatic heterocycles. The van der Waals surface area contributed by atoms with Crippen molar-refractivity contribution >= 4 is 38.6 Å². The van der Waals surface area contributed by atoms with Crippen LogP contribution in [0.1, 0.15) is 40.3 Å². The number of anilines is 3. The molecule has 2 aliphatic rings. The second kappa shape index (κ2) is 14.4. The molecule has 0 aromatic heterocycles. The van der Waals surface area contributed by atoms with Crippen LogP contribution in [0.15, 0.2) is 248 Å². The lowest BCUT2D eigenvalue weighted by Gasteiger charge is -2.47. The smallest absolute Gasteiger partial charge is 0.0715 e. The van der Waals surface area contributed by atoms with Crippen molar-refractivity contribution in [2.24, 2.45) is 0 Å². The van der Waals surface area contributed by atoms with Gasteiger partial charge in [-0.05, 0) is 92.0 Å². The number of hydrogen-bond donors (Lipinski definition) is 0. The fraction of sp³-hybridized carbons (Fsp3) is 0.0508. The van der Waals surface area contributed by atoms with E-state index in [0.717, 1.165) is 17.1 Å². The van der Waals surface area contributed by atoms with Crippen molar-refractivity contribution in [1.29, 1.82) is 0 Å². The molecule has 0 heterocycles. The lowest BCUT2D eigenvalue weighted by atomic mass is 9.54. The molecule has 0 saturated heterocycles. The van der Waals surface area contributed by atoms with E-state index in [9.17, 15) is 0 Å². The van der Waals surface area contributed by atoms with Crippen LogP contribution in [0.4, 0.5) is 17.1 Å². The topological polar surface area (TPSA) is 3.24 Å². The second-order valence-corrected chi connectivity index (χ2v) is 15.9. The molecule has 2 aliphatic carbocycles. The molecule has 1 nitrogen and oxygen atoms in total. The van der Waals surface area contributed by atoms with Crippen molar-refractivity contribution in [3.63, 3.8) is 0 Å². The highest BCUT2D eigenvalue weighted by molar-refractivity contribution is 6.05. The van der Waals surface area contributed by atoms with Gasteiger partial charge in [0.1, 0.15) is 0 Å². The molecule has 1 atom stereocenters. The summed E-state index contributed by atoms with van der Waals surface area (Å²) in [5.41, 5.74) is 13.7. The summed E-state index contributed by atoms with van der Waals surface area (Å²) in [4.78, 5) is 2.49. The molecule has 0 amide bonds. The van der Waals surface area contributed by atoms with Crippen molar-refractivity contribution in [2.45, 2.75) is 17.8 Å². The Labute approximate surface area is 352 Å². The van der Waals surface area contributed by atoms with Gasteiger partial charge in [-0.2, -0.15) is 0 Å². The third-order valence-corrected chi connectivity index (χ3v) is 12.9. The van der Waals surface area contributed by atoms with Crippen LogP contribution in [0.2, 0.25) is 0 Å². The molecule has 0 fully saturated rings. The number of benzene rings is 9. The average Bonchev–Trinajstić information content (AvgIpc) is 3.61. The van der Waals surface area contributed by atoms with E-state index in [1.54, 1.807) is 0 Å². The molecule has 0 bridgehead atoms. The van der Waals surface area contributed by atoms with Crippen molar-refractivity contribution in [1.82, 2.24) is 0 Å². The summed E-state index contributed by atoms with van der Waals surface area (Å²) in [6, 6.07) is 78.6. The van der Waals surface area contributed by atoms with E-state index in [0.29, 0.717) is 0 Å². The predicted molar refractivity (Wildman–Crippen MR) is 253 cm³/mol. The first-order chi connectivity index (χ1) is 29.7. The molecule has 11 rings (SSSR count). The lowest BCUT2D eigenvalue weighted by Crippen LogP contribution is -2.41. The van der Waals surface area contributed by atoms with Gasteiger partial charge in [-0.1, -0.05) is 218 Å². The highest BCUT2D eigenvalue weighted by atomic mass is 15.1. The van der Waals surface area contributed by atoms with E-state index >= 15 is 0 Å². The normalized spacial score (nSPS) is 16.2. The molecule has 1 spiro atoms. The van der Waals surface area contributed by atoms with Crippen molar-refractivity contribution in [3.05, 3.63) is 282 Å². The van der Waals surface area contributed by atoms with Gasteiger partial charge in [-0.3, -0.25) is 0 Å². The highest BCUT2D eigenvalue weighted by Gasteiger charge is 2.54. The Morgan fingerprint density at radius 3 is 1.57 bits per heavy atom. The maximum Gasteiger partial charge on any atom is 0.0715 e. The van der Waals surface area contributed by atoms with E-state index in [2.05, 4.69) is 255 Å². The van der Waals surface area contributed by atoms with Crippen LogP contribution in [-0.2, 0) is 10.8 Å². The SMILES string of the molecule is C/C=C\C=C/C1=CC(c2ccccc2)(c2ccccc2)c2ccccc2C12c1ccccc1-c1ccc(N(c3cccc4ccccc34)c3cccc4ccccc34)cc12. The third-order valence-electron chi connectivity index (χ3n) is 12.9. The fourth-order valence-electron chi connectivity index (χ4n) is 10.4. The molecule has 0 N–H and O–H groups in total. The summed E-state index contributed by atoms with van der Waals surface area (Å²) in [6.07, 6.45) is 11.5.